The van der Waals surface area contributed by atoms with Gasteiger partial charge in [0, 0.05) is 21.1 Å². The minimum absolute atomic E-state index is 0.198. The molecule has 3 nitrogen and oxygen atoms in total. The zero-order valence-corrected chi connectivity index (χ0v) is 12.6. The third kappa shape index (κ3) is 2.93. The Labute approximate surface area is 111 Å². The van der Waals surface area contributed by atoms with Crippen molar-refractivity contribution in [2.24, 2.45) is 5.73 Å². The molecule has 0 bridgehead atoms. The van der Waals surface area contributed by atoms with Gasteiger partial charge in [0.05, 0.1) is 7.11 Å². The molecule has 1 rings (SSSR count). The molecule has 1 aromatic carbocycles. The Hall–Kier alpha value is -0.740. The molecule has 0 saturated heterocycles. The summed E-state index contributed by atoms with van der Waals surface area (Å²) in [5.74, 6) is 0.714. The maximum atomic E-state index is 10.2. The van der Waals surface area contributed by atoms with Gasteiger partial charge in [0.25, 0.3) is 0 Å². The van der Waals surface area contributed by atoms with Gasteiger partial charge in [-0.25, -0.2) is 0 Å². The van der Waals surface area contributed by atoms with E-state index in [1.165, 1.54) is 0 Å². The minimum Gasteiger partial charge on any atom is -0.504 e. The predicted octanol–water partition coefficient (Wildman–Crippen LogP) is 3.06. The van der Waals surface area contributed by atoms with E-state index in [9.17, 15) is 5.11 Å². The summed E-state index contributed by atoms with van der Waals surface area (Å²) in [7, 11) is 1.56. The number of aromatic hydroxyl groups is 1. The first-order valence-corrected chi connectivity index (χ1v) is 6.31. The Morgan fingerprint density at radius 2 is 1.82 bits per heavy atom. The molecule has 0 amide bonds. The number of rotatable bonds is 3. The maximum absolute atomic E-state index is 10.2. The van der Waals surface area contributed by atoms with Gasteiger partial charge in [-0.3, -0.25) is 0 Å². The molecule has 0 unspecified atom stereocenters. The smallest absolute Gasteiger partial charge is 0.164 e. The molecule has 3 N–H and O–H groups in total. The number of ether oxygens (including phenoxy) is 1. The average Bonchev–Trinajstić information content (AvgIpc) is 2.21. The van der Waals surface area contributed by atoms with E-state index < -0.39 is 0 Å². The molecule has 0 fully saturated rings. The van der Waals surface area contributed by atoms with Crippen LogP contribution < -0.4 is 10.5 Å². The number of methoxy groups -OCH3 is 1. The van der Waals surface area contributed by atoms with E-state index in [1.807, 2.05) is 27.7 Å². The van der Waals surface area contributed by atoms with Crippen molar-refractivity contribution in [3.05, 3.63) is 21.2 Å². The van der Waals surface area contributed by atoms with E-state index in [4.69, 9.17) is 10.5 Å². The van der Waals surface area contributed by atoms with Crippen molar-refractivity contribution in [2.75, 3.05) is 7.11 Å². The molecule has 96 valence electrons. The second kappa shape index (κ2) is 4.86. The molecule has 0 heterocycles. The topological polar surface area (TPSA) is 55.5 Å². The standard InChI is InChI=1S/C13H20BrNO2/c1-7-9(6-13(3,4)15)11(16)12(17-5)8(2)10(7)14/h16H,6,15H2,1-5H3. The fraction of sp³-hybridized carbons (Fsp3) is 0.538. The summed E-state index contributed by atoms with van der Waals surface area (Å²) in [5, 5.41) is 10.2. The van der Waals surface area contributed by atoms with E-state index in [0.29, 0.717) is 12.2 Å². The molecule has 0 aromatic heterocycles. The fourth-order valence-electron chi connectivity index (χ4n) is 1.93. The first-order chi connectivity index (χ1) is 7.69. The summed E-state index contributed by atoms with van der Waals surface area (Å²) in [6.07, 6.45) is 0.597. The second-order valence-corrected chi connectivity index (χ2v) is 5.88. The number of phenols is 1. The van der Waals surface area contributed by atoms with Gasteiger partial charge in [-0.2, -0.15) is 0 Å². The van der Waals surface area contributed by atoms with Gasteiger partial charge >= 0.3 is 0 Å². The summed E-state index contributed by atoms with van der Waals surface area (Å²) in [6.45, 7) is 7.75. The lowest BCUT2D eigenvalue weighted by molar-refractivity contribution is 0.364. The highest BCUT2D eigenvalue weighted by atomic mass is 79.9. The molecule has 0 aliphatic carbocycles. The molecule has 0 spiro atoms. The van der Waals surface area contributed by atoms with Crippen molar-refractivity contribution in [3.8, 4) is 11.5 Å². The van der Waals surface area contributed by atoms with Crippen LogP contribution in [-0.2, 0) is 6.42 Å². The Bertz CT molecular complexity index is 436. The first-order valence-electron chi connectivity index (χ1n) is 5.52. The lowest BCUT2D eigenvalue weighted by atomic mass is 9.91. The Kier molecular flexibility index (Phi) is 4.10. The molecular weight excluding hydrogens is 282 g/mol. The fourth-order valence-corrected chi connectivity index (χ4v) is 2.35. The van der Waals surface area contributed by atoms with Gasteiger partial charge in [-0.1, -0.05) is 15.9 Å². The van der Waals surface area contributed by atoms with Crippen molar-refractivity contribution in [1.82, 2.24) is 0 Å². The van der Waals surface area contributed by atoms with E-state index in [-0.39, 0.29) is 11.3 Å². The highest BCUT2D eigenvalue weighted by Crippen LogP contribution is 2.42. The predicted molar refractivity (Wildman–Crippen MR) is 73.8 cm³/mol. The van der Waals surface area contributed by atoms with Gasteiger partial charge < -0.3 is 15.6 Å². The number of halogens is 1. The highest BCUT2D eigenvalue weighted by molar-refractivity contribution is 9.10. The van der Waals surface area contributed by atoms with Crippen LogP contribution >= 0.6 is 15.9 Å². The van der Waals surface area contributed by atoms with Crippen LogP contribution in [0.2, 0.25) is 0 Å². The van der Waals surface area contributed by atoms with Crippen LogP contribution in [0.4, 0.5) is 0 Å². The van der Waals surface area contributed by atoms with Crippen molar-refractivity contribution in [3.63, 3.8) is 0 Å². The molecular formula is C13H20BrNO2. The van der Waals surface area contributed by atoms with E-state index in [0.717, 1.165) is 21.2 Å². The Morgan fingerprint density at radius 3 is 2.24 bits per heavy atom. The average molecular weight is 302 g/mol. The van der Waals surface area contributed by atoms with Gasteiger partial charge in [0.1, 0.15) is 0 Å². The monoisotopic (exact) mass is 301 g/mol. The van der Waals surface area contributed by atoms with Crippen LogP contribution in [0.15, 0.2) is 4.47 Å². The molecule has 0 saturated carbocycles. The van der Waals surface area contributed by atoms with Gasteiger partial charge in [-0.15, -0.1) is 0 Å². The first kappa shape index (κ1) is 14.3. The molecule has 0 aliphatic heterocycles. The van der Waals surface area contributed by atoms with Crippen molar-refractivity contribution in [1.29, 1.82) is 0 Å². The summed E-state index contributed by atoms with van der Waals surface area (Å²) < 4.78 is 6.21. The Balaban J connectivity index is 3.45. The summed E-state index contributed by atoms with van der Waals surface area (Å²) in [6, 6.07) is 0. The van der Waals surface area contributed by atoms with Crippen molar-refractivity contribution < 1.29 is 9.84 Å². The van der Waals surface area contributed by atoms with Crippen LogP contribution in [0.25, 0.3) is 0 Å². The third-order valence-corrected chi connectivity index (χ3v) is 3.98. The van der Waals surface area contributed by atoms with Crippen molar-refractivity contribution in [2.45, 2.75) is 39.7 Å². The van der Waals surface area contributed by atoms with Crippen molar-refractivity contribution >= 4 is 15.9 Å². The SMILES string of the molecule is COc1c(C)c(Br)c(C)c(CC(C)(C)N)c1O. The highest BCUT2D eigenvalue weighted by Gasteiger charge is 2.22. The zero-order valence-electron chi connectivity index (χ0n) is 11.0. The minimum atomic E-state index is -0.373. The number of hydrogen-bond acceptors (Lipinski definition) is 3. The summed E-state index contributed by atoms with van der Waals surface area (Å²) in [5.41, 5.74) is 8.40. The summed E-state index contributed by atoms with van der Waals surface area (Å²) >= 11 is 3.53. The van der Waals surface area contributed by atoms with Gasteiger partial charge in [-0.05, 0) is 39.7 Å². The van der Waals surface area contributed by atoms with Crippen LogP contribution in [0.5, 0.6) is 11.5 Å². The van der Waals surface area contributed by atoms with Crippen LogP contribution in [0, 0.1) is 13.8 Å². The lowest BCUT2D eigenvalue weighted by Gasteiger charge is -2.23. The van der Waals surface area contributed by atoms with Crippen LogP contribution in [0.1, 0.15) is 30.5 Å². The normalized spacial score (nSPS) is 11.7. The number of nitrogens with two attached hydrogens (primary N) is 1. The lowest BCUT2D eigenvalue weighted by Crippen LogP contribution is -2.34. The van der Waals surface area contributed by atoms with Gasteiger partial charge in [0.15, 0.2) is 11.5 Å². The zero-order chi connectivity index (χ0) is 13.4. The van der Waals surface area contributed by atoms with E-state index >= 15 is 0 Å². The summed E-state index contributed by atoms with van der Waals surface area (Å²) in [4.78, 5) is 0. The van der Waals surface area contributed by atoms with E-state index in [2.05, 4.69) is 15.9 Å². The molecule has 4 heteroatoms. The van der Waals surface area contributed by atoms with Crippen LogP contribution in [0.3, 0.4) is 0 Å². The van der Waals surface area contributed by atoms with E-state index in [1.54, 1.807) is 7.11 Å². The molecule has 1 aromatic rings. The number of phenolic OH excluding ortho intramolecular Hbond substituents is 1. The number of hydrogen-bond donors (Lipinski definition) is 2. The quantitative estimate of drug-likeness (QED) is 0.902. The molecule has 0 aliphatic rings. The maximum Gasteiger partial charge on any atom is 0.164 e. The second-order valence-electron chi connectivity index (χ2n) is 5.09. The molecule has 0 atom stereocenters. The molecule has 17 heavy (non-hydrogen) atoms. The van der Waals surface area contributed by atoms with Crippen LogP contribution in [-0.4, -0.2) is 17.8 Å². The largest absolute Gasteiger partial charge is 0.504 e. The van der Waals surface area contributed by atoms with Gasteiger partial charge in [0.2, 0.25) is 0 Å². The number of benzene rings is 1. The molecule has 0 radical (unpaired) electrons. The third-order valence-electron chi connectivity index (χ3n) is 2.79. The Morgan fingerprint density at radius 1 is 1.29 bits per heavy atom.